The fourth-order valence-corrected chi connectivity index (χ4v) is 4.85. The number of hydrogen-bond acceptors (Lipinski definition) is 5. The largest absolute Gasteiger partial charge is 0.610 e. The van der Waals surface area contributed by atoms with E-state index in [1.165, 1.54) is 0 Å². The second kappa shape index (κ2) is 8.72. The van der Waals surface area contributed by atoms with E-state index >= 15 is 0 Å². The summed E-state index contributed by atoms with van der Waals surface area (Å²) in [4.78, 5) is 4.83. The summed E-state index contributed by atoms with van der Waals surface area (Å²) < 4.78 is 21.7. The van der Waals surface area contributed by atoms with Crippen LogP contribution in [0.15, 0.2) is 41.4 Å². The summed E-state index contributed by atoms with van der Waals surface area (Å²) >= 11 is -1.15. The molecule has 0 N–H and O–H groups in total. The van der Waals surface area contributed by atoms with Crippen molar-refractivity contribution in [1.29, 1.82) is 0 Å². The van der Waals surface area contributed by atoms with Crippen molar-refractivity contribution in [2.75, 3.05) is 12.9 Å². The van der Waals surface area contributed by atoms with Gasteiger partial charge in [-0.15, -0.1) is 5.10 Å². The standard InChI is InChI=1S/C23H27N5O2S/c1-6-7-12-31(29)22-14-21-24-19(17-8-10-18(30-5)11-9-17)13-20(28(21)26-22)23-15(2)25-27(4)16(23)3/h8-11,13-14H,6-7,12H2,1-5H3. The van der Waals surface area contributed by atoms with Crippen molar-refractivity contribution in [3.63, 3.8) is 0 Å². The first kappa shape index (κ1) is 21.4. The summed E-state index contributed by atoms with van der Waals surface area (Å²) in [6, 6.07) is 11.7. The molecule has 0 radical (unpaired) electrons. The third kappa shape index (κ3) is 4.05. The lowest BCUT2D eigenvalue weighted by Gasteiger charge is -2.10. The van der Waals surface area contributed by atoms with Gasteiger partial charge in [-0.2, -0.15) is 5.10 Å². The van der Waals surface area contributed by atoms with Crippen LogP contribution in [0.5, 0.6) is 5.75 Å². The van der Waals surface area contributed by atoms with Gasteiger partial charge in [0.2, 0.25) is 0 Å². The summed E-state index contributed by atoms with van der Waals surface area (Å²) in [5.41, 5.74) is 6.31. The van der Waals surface area contributed by atoms with Crippen LogP contribution >= 0.6 is 0 Å². The molecule has 0 saturated carbocycles. The molecule has 3 aromatic heterocycles. The third-order valence-corrected chi connectivity index (χ3v) is 6.80. The summed E-state index contributed by atoms with van der Waals surface area (Å²) in [6.45, 7) is 6.12. The lowest BCUT2D eigenvalue weighted by Crippen LogP contribution is -2.08. The Balaban J connectivity index is 1.92. The minimum absolute atomic E-state index is 0.563. The van der Waals surface area contributed by atoms with Gasteiger partial charge in [-0.3, -0.25) is 4.68 Å². The molecule has 162 valence electrons. The van der Waals surface area contributed by atoms with Crippen LogP contribution in [0.3, 0.4) is 0 Å². The quantitative estimate of drug-likeness (QED) is 0.402. The maximum atomic E-state index is 12.8. The van der Waals surface area contributed by atoms with Crippen LogP contribution in [0.1, 0.15) is 31.2 Å². The molecule has 0 aliphatic rings. The number of unbranched alkanes of at least 4 members (excludes halogenated alkanes) is 1. The Morgan fingerprint density at radius 2 is 1.84 bits per heavy atom. The fourth-order valence-electron chi connectivity index (χ4n) is 3.68. The highest BCUT2D eigenvalue weighted by atomic mass is 32.2. The van der Waals surface area contributed by atoms with E-state index < -0.39 is 11.2 Å². The van der Waals surface area contributed by atoms with E-state index in [4.69, 9.17) is 14.8 Å². The maximum Gasteiger partial charge on any atom is 0.265 e. The van der Waals surface area contributed by atoms with Gasteiger partial charge in [0.05, 0.1) is 30.3 Å². The molecular weight excluding hydrogens is 410 g/mol. The molecule has 7 nitrogen and oxygen atoms in total. The predicted octanol–water partition coefficient (Wildman–Crippen LogP) is 4.33. The van der Waals surface area contributed by atoms with Gasteiger partial charge in [0, 0.05) is 35.0 Å². The monoisotopic (exact) mass is 437 g/mol. The lowest BCUT2D eigenvalue weighted by atomic mass is 10.1. The number of benzene rings is 1. The Labute approximate surface area is 185 Å². The van der Waals surface area contributed by atoms with E-state index in [0.717, 1.165) is 52.5 Å². The molecular formula is C23H27N5O2S. The number of rotatable bonds is 7. The Bertz CT molecular complexity index is 1210. The number of aromatic nitrogens is 5. The molecule has 0 amide bonds. The van der Waals surface area contributed by atoms with Gasteiger partial charge < -0.3 is 9.29 Å². The molecule has 8 heteroatoms. The van der Waals surface area contributed by atoms with Crippen LogP contribution in [-0.2, 0) is 18.2 Å². The van der Waals surface area contributed by atoms with Crippen molar-refractivity contribution in [2.45, 2.75) is 38.6 Å². The Hall–Kier alpha value is -2.84. The van der Waals surface area contributed by atoms with Gasteiger partial charge in [0.25, 0.3) is 5.03 Å². The molecule has 3 heterocycles. The zero-order valence-corrected chi connectivity index (χ0v) is 19.4. The van der Waals surface area contributed by atoms with E-state index in [2.05, 4.69) is 12.0 Å². The maximum absolute atomic E-state index is 12.8. The van der Waals surface area contributed by atoms with Gasteiger partial charge in [-0.05, 0) is 50.6 Å². The van der Waals surface area contributed by atoms with Crippen molar-refractivity contribution >= 4 is 16.8 Å². The second-order valence-electron chi connectivity index (χ2n) is 7.58. The number of nitrogens with zero attached hydrogens (tertiary/aromatic N) is 5. The Kier molecular flexibility index (Phi) is 6.02. The van der Waals surface area contributed by atoms with E-state index in [9.17, 15) is 4.55 Å². The molecule has 0 saturated heterocycles. The highest BCUT2D eigenvalue weighted by molar-refractivity contribution is 7.91. The van der Waals surface area contributed by atoms with Crippen LogP contribution in [0.2, 0.25) is 0 Å². The Morgan fingerprint density at radius 3 is 2.45 bits per heavy atom. The minimum Gasteiger partial charge on any atom is -0.610 e. The van der Waals surface area contributed by atoms with E-state index in [-0.39, 0.29) is 0 Å². The normalized spacial score (nSPS) is 12.5. The molecule has 1 atom stereocenters. The first-order valence-corrected chi connectivity index (χ1v) is 11.7. The van der Waals surface area contributed by atoms with Crippen molar-refractivity contribution < 1.29 is 9.29 Å². The average molecular weight is 438 g/mol. The van der Waals surface area contributed by atoms with E-state index in [1.54, 1.807) is 11.6 Å². The first-order chi connectivity index (χ1) is 14.9. The predicted molar refractivity (Wildman–Crippen MR) is 123 cm³/mol. The molecule has 0 fully saturated rings. The smallest absolute Gasteiger partial charge is 0.265 e. The van der Waals surface area contributed by atoms with Crippen molar-refractivity contribution in [3.05, 3.63) is 47.8 Å². The van der Waals surface area contributed by atoms with Crippen molar-refractivity contribution in [2.24, 2.45) is 7.05 Å². The summed E-state index contributed by atoms with van der Waals surface area (Å²) in [6.07, 6.45) is 1.90. The highest BCUT2D eigenvalue weighted by Gasteiger charge is 2.22. The fraction of sp³-hybridized carbons (Fsp3) is 0.348. The topological polar surface area (TPSA) is 80.3 Å². The van der Waals surface area contributed by atoms with Gasteiger partial charge in [-0.25, -0.2) is 9.50 Å². The number of aryl methyl sites for hydroxylation is 2. The zero-order chi connectivity index (χ0) is 22.1. The van der Waals surface area contributed by atoms with Crippen LogP contribution < -0.4 is 4.74 Å². The van der Waals surface area contributed by atoms with Crippen molar-refractivity contribution in [1.82, 2.24) is 24.4 Å². The number of hydrogen-bond donors (Lipinski definition) is 0. The van der Waals surface area contributed by atoms with Gasteiger partial charge in [0.1, 0.15) is 11.5 Å². The van der Waals surface area contributed by atoms with Crippen LogP contribution in [0, 0.1) is 13.8 Å². The molecule has 0 aliphatic heterocycles. The highest BCUT2D eigenvalue weighted by Crippen LogP contribution is 2.31. The molecule has 0 aliphatic carbocycles. The summed E-state index contributed by atoms with van der Waals surface area (Å²) in [7, 11) is 3.58. The summed E-state index contributed by atoms with van der Waals surface area (Å²) in [5, 5.41) is 9.84. The molecule has 0 spiro atoms. The lowest BCUT2D eigenvalue weighted by molar-refractivity contribution is 0.415. The summed E-state index contributed by atoms with van der Waals surface area (Å²) in [5.74, 6) is 1.40. The van der Waals surface area contributed by atoms with Crippen molar-refractivity contribution in [3.8, 4) is 28.3 Å². The third-order valence-electron chi connectivity index (χ3n) is 5.47. The van der Waals surface area contributed by atoms with Gasteiger partial charge >= 0.3 is 0 Å². The molecule has 1 unspecified atom stereocenters. The molecule has 31 heavy (non-hydrogen) atoms. The zero-order valence-electron chi connectivity index (χ0n) is 18.5. The average Bonchev–Trinajstić information content (AvgIpc) is 3.32. The number of fused-ring (bicyclic) bond motifs is 1. The van der Waals surface area contributed by atoms with Crippen LogP contribution in [0.25, 0.3) is 28.2 Å². The molecule has 0 bridgehead atoms. The second-order valence-corrected chi connectivity index (χ2v) is 9.10. The molecule has 1 aromatic carbocycles. The number of methoxy groups -OCH3 is 1. The van der Waals surface area contributed by atoms with Crippen LogP contribution in [0.4, 0.5) is 0 Å². The molecule has 4 rings (SSSR count). The SMILES string of the molecule is CCCC[S+]([O-])c1cc2nc(-c3ccc(OC)cc3)cc(-c3c(C)nn(C)c3C)n2n1. The minimum atomic E-state index is -1.15. The number of ether oxygens (including phenoxy) is 1. The van der Waals surface area contributed by atoms with E-state index in [0.29, 0.717) is 16.4 Å². The van der Waals surface area contributed by atoms with Gasteiger partial charge in [0.15, 0.2) is 5.65 Å². The van der Waals surface area contributed by atoms with E-state index in [1.807, 2.05) is 62.0 Å². The first-order valence-electron chi connectivity index (χ1n) is 10.4. The van der Waals surface area contributed by atoms with Gasteiger partial charge in [-0.1, -0.05) is 13.3 Å². The Morgan fingerprint density at radius 1 is 1.10 bits per heavy atom. The van der Waals surface area contributed by atoms with Crippen LogP contribution in [-0.4, -0.2) is 41.8 Å². The molecule has 4 aromatic rings.